The average molecular weight is 278 g/mol. The molecule has 4 nitrogen and oxygen atoms in total. The van der Waals surface area contributed by atoms with E-state index in [4.69, 9.17) is 0 Å². The molecule has 5 heteroatoms. The van der Waals surface area contributed by atoms with Crippen molar-refractivity contribution in [3.63, 3.8) is 0 Å². The van der Waals surface area contributed by atoms with Crippen LogP contribution in [0.4, 0.5) is 5.95 Å². The molecule has 0 amide bonds. The number of aromatic nitrogens is 2. The van der Waals surface area contributed by atoms with Gasteiger partial charge in [-0.15, -0.1) is 0 Å². The maximum Gasteiger partial charge on any atom is 0.225 e. The molecule has 0 spiro atoms. The van der Waals surface area contributed by atoms with E-state index in [-0.39, 0.29) is 0 Å². The molecular weight excluding hydrogens is 256 g/mol. The summed E-state index contributed by atoms with van der Waals surface area (Å²) in [7, 11) is 0. The molecule has 1 aliphatic carbocycles. The van der Waals surface area contributed by atoms with E-state index < -0.39 is 0 Å². The Kier molecular flexibility index (Phi) is 3.93. The summed E-state index contributed by atoms with van der Waals surface area (Å²) in [5, 5.41) is 4.80. The van der Waals surface area contributed by atoms with Gasteiger partial charge >= 0.3 is 0 Å². The fraction of sp³-hybridized carbons (Fsp3) is 0.714. The monoisotopic (exact) mass is 278 g/mol. The number of anilines is 1. The average Bonchev–Trinajstić information content (AvgIpc) is 3.20. The second-order valence-corrected chi connectivity index (χ2v) is 7.59. The van der Waals surface area contributed by atoms with E-state index in [0.717, 1.165) is 31.6 Å². The van der Waals surface area contributed by atoms with Crippen LogP contribution in [0, 0.1) is 0 Å². The van der Waals surface area contributed by atoms with Gasteiger partial charge in [0, 0.05) is 54.1 Å². The molecule has 2 fully saturated rings. The summed E-state index contributed by atoms with van der Waals surface area (Å²) in [4.78, 5) is 11.4. The fourth-order valence-electron chi connectivity index (χ4n) is 2.49. The van der Waals surface area contributed by atoms with Crippen molar-refractivity contribution in [2.24, 2.45) is 0 Å². The second kappa shape index (κ2) is 5.67. The lowest BCUT2D eigenvalue weighted by Crippen LogP contribution is -2.41. The van der Waals surface area contributed by atoms with Crippen LogP contribution in [0.15, 0.2) is 12.4 Å². The standard InChI is InChI=1S/C14H22N4S/c1-10-8-18(9-11(2)19-10)14-16-6-12(7-17-14)5-15-13-3-4-13/h6-7,10-11,13,15H,3-5,8-9H2,1-2H3. The summed E-state index contributed by atoms with van der Waals surface area (Å²) in [6, 6.07) is 0.737. The van der Waals surface area contributed by atoms with Crippen LogP contribution >= 0.6 is 11.8 Å². The zero-order valence-electron chi connectivity index (χ0n) is 11.7. The van der Waals surface area contributed by atoms with Gasteiger partial charge in [0.15, 0.2) is 0 Å². The minimum atomic E-state index is 0.656. The van der Waals surface area contributed by atoms with Crippen molar-refractivity contribution in [2.45, 2.75) is 49.8 Å². The molecule has 3 rings (SSSR count). The number of hydrogen-bond donors (Lipinski definition) is 1. The van der Waals surface area contributed by atoms with E-state index in [9.17, 15) is 0 Å². The van der Waals surface area contributed by atoms with Gasteiger partial charge < -0.3 is 10.2 Å². The number of nitrogens with one attached hydrogen (secondary N) is 1. The SMILES string of the molecule is CC1CN(c2ncc(CNC3CC3)cn2)CC(C)S1. The van der Waals surface area contributed by atoms with E-state index in [1.807, 2.05) is 12.4 Å². The van der Waals surface area contributed by atoms with Crippen LogP contribution in [0.3, 0.4) is 0 Å². The summed E-state index contributed by atoms with van der Waals surface area (Å²) in [6.07, 6.45) is 6.57. The smallest absolute Gasteiger partial charge is 0.225 e. The second-order valence-electron chi connectivity index (χ2n) is 5.71. The molecule has 2 atom stereocenters. The summed E-state index contributed by atoms with van der Waals surface area (Å²) in [5.41, 5.74) is 1.18. The molecule has 104 valence electrons. The zero-order valence-corrected chi connectivity index (χ0v) is 12.5. The molecule has 2 aliphatic rings. The Morgan fingerprint density at radius 2 is 1.84 bits per heavy atom. The van der Waals surface area contributed by atoms with E-state index >= 15 is 0 Å². The zero-order chi connectivity index (χ0) is 13.2. The van der Waals surface area contributed by atoms with Gasteiger partial charge in [-0.1, -0.05) is 13.8 Å². The molecule has 19 heavy (non-hydrogen) atoms. The first-order valence-corrected chi connectivity index (χ1v) is 8.09. The van der Waals surface area contributed by atoms with E-state index in [1.165, 1.54) is 18.4 Å². The van der Waals surface area contributed by atoms with Crippen LogP contribution in [0.2, 0.25) is 0 Å². The minimum absolute atomic E-state index is 0.656. The lowest BCUT2D eigenvalue weighted by atomic mass is 10.3. The molecule has 1 aromatic rings. The quantitative estimate of drug-likeness (QED) is 0.913. The summed E-state index contributed by atoms with van der Waals surface area (Å²) in [6.45, 7) is 7.56. The van der Waals surface area contributed by atoms with Crippen molar-refractivity contribution in [3.05, 3.63) is 18.0 Å². The lowest BCUT2D eigenvalue weighted by molar-refractivity contribution is 0.677. The highest BCUT2D eigenvalue weighted by atomic mass is 32.2. The first-order valence-electron chi connectivity index (χ1n) is 7.15. The molecule has 1 N–H and O–H groups in total. The maximum absolute atomic E-state index is 4.54. The van der Waals surface area contributed by atoms with Crippen LogP contribution in [0.5, 0.6) is 0 Å². The van der Waals surface area contributed by atoms with E-state index in [2.05, 4.69) is 45.8 Å². The highest BCUT2D eigenvalue weighted by Gasteiger charge is 2.24. The van der Waals surface area contributed by atoms with Gasteiger partial charge in [-0.3, -0.25) is 0 Å². The molecule has 0 aromatic carbocycles. The van der Waals surface area contributed by atoms with E-state index in [0.29, 0.717) is 10.5 Å². The topological polar surface area (TPSA) is 41.1 Å². The van der Waals surface area contributed by atoms with Crippen molar-refractivity contribution >= 4 is 17.7 Å². The first kappa shape index (κ1) is 13.2. The number of nitrogens with zero attached hydrogens (tertiary/aromatic N) is 3. The Bertz CT molecular complexity index is 408. The molecule has 0 radical (unpaired) electrons. The molecule has 2 heterocycles. The van der Waals surface area contributed by atoms with Crippen LogP contribution in [-0.2, 0) is 6.54 Å². The van der Waals surface area contributed by atoms with Crippen molar-refractivity contribution in [1.82, 2.24) is 15.3 Å². The predicted molar refractivity (Wildman–Crippen MR) is 80.6 cm³/mol. The molecule has 1 saturated heterocycles. The van der Waals surface area contributed by atoms with E-state index in [1.54, 1.807) is 0 Å². The van der Waals surface area contributed by atoms with Crippen LogP contribution in [0.25, 0.3) is 0 Å². The van der Waals surface area contributed by atoms with Crippen LogP contribution < -0.4 is 10.2 Å². The highest BCUT2D eigenvalue weighted by Crippen LogP contribution is 2.26. The maximum atomic E-state index is 4.54. The summed E-state index contributed by atoms with van der Waals surface area (Å²) >= 11 is 2.05. The Morgan fingerprint density at radius 3 is 2.42 bits per heavy atom. The van der Waals surface area contributed by atoms with Crippen molar-refractivity contribution < 1.29 is 0 Å². The Hall–Kier alpha value is -0.810. The molecule has 1 saturated carbocycles. The third-order valence-corrected chi connectivity index (χ3v) is 4.79. The van der Waals surface area contributed by atoms with Gasteiger partial charge in [0.2, 0.25) is 5.95 Å². The van der Waals surface area contributed by atoms with Crippen molar-refractivity contribution in [2.75, 3.05) is 18.0 Å². The normalized spacial score (nSPS) is 27.6. The van der Waals surface area contributed by atoms with Gasteiger partial charge in [0.05, 0.1) is 0 Å². The number of thioether (sulfide) groups is 1. The van der Waals surface area contributed by atoms with Gasteiger partial charge in [-0.2, -0.15) is 11.8 Å². The Labute approximate surface area is 119 Å². The molecular formula is C14H22N4S. The molecule has 1 aliphatic heterocycles. The van der Waals surface area contributed by atoms with Gasteiger partial charge in [0.1, 0.15) is 0 Å². The molecule has 2 unspecified atom stereocenters. The number of rotatable bonds is 4. The Morgan fingerprint density at radius 1 is 1.21 bits per heavy atom. The predicted octanol–water partition coefficient (Wildman–Crippen LogP) is 2.06. The number of hydrogen-bond acceptors (Lipinski definition) is 5. The third kappa shape index (κ3) is 3.60. The van der Waals surface area contributed by atoms with Gasteiger partial charge in [-0.05, 0) is 12.8 Å². The largest absolute Gasteiger partial charge is 0.339 e. The highest BCUT2D eigenvalue weighted by molar-refractivity contribution is 8.00. The first-order chi connectivity index (χ1) is 9.20. The van der Waals surface area contributed by atoms with Crippen molar-refractivity contribution in [1.29, 1.82) is 0 Å². The van der Waals surface area contributed by atoms with Gasteiger partial charge in [0.25, 0.3) is 0 Å². The van der Waals surface area contributed by atoms with Crippen molar-refractivity contribution in [3.8, 4) is 0 Å². The summed E-state index contributed by atoms with van der Waals surface area (Å²) < 4.78 is 0. The molecule has 0 bridgehead atoms. The fourth-order valence-corrected chi connectivity index (χ4v) is 3.82. The minimum Gasteiger partial charge on any atom is -0.339 e. The van der Waals surface area contributed by atoms with Crippen LogP contribution in [-0.4, -0.2) is 39.6 Å². The van der Waals surface area contributed by atoms with Gasteiger partial charge in [-0.25, -0.2) is 9.97 Å². The summed E-state index contributed by atoms with van der Waals surface area (Å²) in [5.74, 6) is 0.883. The Balaban J connectivity index is 1.60. The third-order valence-electron chi connectivity index (χ3n) is 3.57. The lowest BCUT2D eigenvalue weighted by Gasteiger charge is -2.34. The molecule has 1 aromatic heterocycles. The van der Waals surface area contributed by atoms with Crippen LogP contribution in [0.1, 0.15) is 32.3 Å².